The molecule has 0 aromatic heterocycles. The number of carbonyl (C=O) groups excluding carboxylic acids is 2. The number of benzene rings is 1. The average molecular weight is 290 g/mol. The number of ether oxygens (including phenoxy) is 1. The van der Waals surface area contributed by atoms with Crippen molar-refractivity contribution in [2.24, 2.45) is 5.92 Å². The van der Waals surface area contributed by atoms with Crippen LogP contribution in [0.1, 0.15) is 18.4 Å². The average Bonchev–Trinajstić information content (AvgIpc) is 2.55. The Labute approximate surface area is 125 Å². The zero-order chi connectivity index (χ0) is 15.1. The molecule has 0 bridgehead atoms. The second kappa shape index (κ2) is 7.78. The predicted molar refractivity (Wildman–Crippen MR) is 79.7 cm³/mol. The van der Waals surface area contributed by atoms with E-state index in [9.17, 15) is 9.59 Å². The Bertz CT molecular complexity index is 470. The maximum absolute atomic E-state index is 12.3. The first-order chi connectivity index (χ1) is 10.2. The van der Waals surface area contributed by atoms with E-state index in [0.717, 1.165) is 24.9 Å². The summed E-state index contributed by atoms with van der Waals surface area (Å²) in [4.78, 5) is 24.1. The minimum atomic E-state index is -0.633. The molecule has 0 radical (unpaired) electrons. The van der Waals surface area contributed by atoms with Gasteiger partial charge in [0.2, 0.25) is 5.91 Å². The molecule has 5 heteroatoms. The molecule has 1 fully saturated rings. The first-order valence-corrected chi connectivity index (χ1v) is 7.33. The highest BCUT2D eigenvalue weighted by Gasteiger charge is 2.27. The molecule has 1 aromatic carbocycles. The van der Waals surface area contributed by atoms with Crippen LogP contribution in [0.3, 0.4) is 0 Å². The van der Waals surface area contributed by atoms with Gasteiger partial charge in [-0.15, -0.1) is 0 Å². The maximum Gasteiger partial charge on any atom is 0.328 e. The third kappa shape index (κ3) is 4.56. The summed E-state index contributed by atoms with van der Waals surface area (Å²) in [7, 11) is 1.34. The summed E-state index contributed by atoms with van der Waals surface area (Å²) in [5.74, 6) is -0.550. The van der Waals surface area contributed by atoms with Crippen LogP contribution in [-0.2, 0) is 20.7 Å². The van der Waals surface area contributed by atoms with E-state index in [1.54, 1.807) is 0 Å². The predicted octanol–water partition coefficient (Wildman–Crippen LogP) is 0.886. The Balaban J connectivity index is 1.99. The molecule has 1 heterocycles. The van der Waals surface area contributed by atoms with Crippen LogP contribution >= 0.6 is 0 Å². The van der Waals surface area contributed by atoms with Gasteiger partial charge >= 0.3 is 5.97 Å². The van der Waals surface area contributed by atoms with E-state index in [4.69, 9.17) is 4.74 Å². The summed E-state index contributed by atoms with van der Waals surface area (Å²) in [6.45, 7) is 1.62. The van der Waals surface area contributed by atoms with Crippen LogP contribution in [0.2, 0.25) is 0 Å². The molecule has 2 atom stereocenters. The van der Waals surface area contributed by atoms with Gasteiger partial charge in [0, 0.05) is 13.0 Å². The number of hydrogen-bond donors (Lipinski definition) is 2. The number of piperidine rings is 1. The third-order valence-electron chi connectivity index (χ3n) is 3.75. The van der Waals surface area contributed by atoms with Gasteiger partial charge in [0.05, 0.1) is 13.0 Å². The molecular weight excluding hydrogens is 268 g/mol. The normalized spacial score (nSPS) is 19.6. The van der Waals surface area contributed by atoms with Crippen molar-refractivity contribution < 1.29 is 14.3 Å². The lowest BCUT2D eigenvalue weighted by molar-refractivity contribution is -0.145. The number of esters is 1. The van der Waals surface area contributed by atoms with E-state index >= 15 is 0 Å². The van der Waals surface area contributed by atoms with Crippen LogP contribution in [0, 0.1) is 5.92 Å². The van der Waals surface area contributed by atoms with Gasteiger partial charge in [-0.3, -0.25) is 4.79 Å². The van der Waals surface area contributed by atoms with Gasteiger partial charge in [-0.05, 0) is 24.9 Å². The van der Waals surface area contributed by atoms with E-state index in [2.05, 4.69) is 10.6 Å². The summed E-state index contributed by atoms with van der Waals surface area (Å²) in [5, 5.41) is 6.04. The fourth-order valence-electron chi connectivity index (χ4n) is 2.55. The van der Waals surface area contributed by atoms with Crippen molar-refractivity contribution in [1.82, 2.24) is 10.6 Å². The molecule has 1 unspecified atom stereocenters. The molecule has 1 aromatic rings. The summed E-state index contributed by atoms with van der Waals surface area (Å²) < 4.78 is 4.80. The van der Waals surface area contributed by atoms with Crippen LogP contribution in [-0.4, -0.2) is 38.1 Å². The van der Waals surface area contributed by atoms with E-state index in [1.807, 2.05) is 30.3 Å². The monoisotopic (exact) mass is 290 g/mol. The van der Waals surface area contributed by atoms with E-state index < -0.39 is 12.0 Å². The Morgan fingerprint density at radius 3 is 2.76 bits per heavy atom. The largest absolute Gasteiger partial charge is 0.467 e. The Morgan fingerprint density at radius 1 is 1.38 bits per heavy atom. The number of rotatable bonds is 5. The second-order valence-electron chi connectivity index (χ2n) is 5.32. The molecular formula is C16H22N2O3. The lowest BCUT2D eigenvalue weighted by Gasteiger charge is -2.24. The number of methoxy groups -OCH3 is 1. The lowest BCUT2D eigenvalue weighted by Crippen LogP contribution is -2.48. The summed E-state index contributed by atoms with van der Waals surface area (Å²) >= 11 is 0. The Hall–Kier alpha value is -1.88. The molecule has 1 saturated heterocycles. The van der Waals surface area contributed by atoms with Crippen LogP contribution < -0.4 is 10.6 Å². The fourth-order valence-corrected chi connectivity index (χ4v) is 2.55. The highest BCUT2D eigenvalue weighted by atomic mass is 16.5. The molecule has 0 aliphatic carbocycles. The number of carbonyl (C=O) groups is 2. The van der Waals surface area contributed by atoms with Crippen molar-refractivity contribution in [3.63, 3.8) is 0 Å². The Kier molecular flexibility index (Phi) is 5.75. The molecule has 2 N–H and O–H groups in total. The van der Waals surface area contributed by atoms with Crippen molar-refractivity contribution >= 4 is 11.9 Å². The third-order valence-corrected chi connectivity index (χ3v) is 3.75. The van der Waals surface area contributed by atoms with E-state index in [0.29, 0.717) is 13.0 Å². The van der Waals surface area contributed by atoms with Gasteiger partial charge in [-0.1, -0.05) is 30.3 Å². The van der Waals surface area contributed by atoms with E-state index in [1.165, 1.54) is 7.11 Å². The zero-order valence-electron chi connectivity index (χ0n) is 12.3. The SMILES string of the molecule is COC(=O)C(Cc1ccccc1)NC(=O)[C@@H]1CCCNC1. The summed E-state index contributed by atoms with van der Waals surface area (Å²) in [6.07, 6.45) is 2.29. The Morgan fingerprint density at radius 2 is 2.14 bits per heavy atom. The first kappa shape index (κ1) is 15.5. The maximum atomic E-state index is 12.3. The van der Waals surface area contributed by atoms with Crippen molar-refractivity contribution in [1.29, 1.82) is 0 Å². The molecule has 0 saturated carbocycles. The number of hydrogen-bond acceptors (Lipinski definition) is 4. The van der Waals surface area contributed by atoms with Gasteiger partial charge in [-0.2, -0.15) is 0 Å². The minimum absolute atomic E-state index is 0.0679. The van der Waals surface area contributed by atoms with Crippen molar-refractivity contribution in [2.45, 2.75) is 25.3 Å². The summed E-state index contributed by atoms with van der Waals surface area (Å²) in [5.41, 5.74) is 0.995. The minimum Gasteiger partial charge on any atom is -0.467 e. The number of amides is 1. The highest BCUT2D eigenvalue weighted by molar-refractivity contribution is 5.86. The topological polar surface area (TPSA) is 67.4 Å². The van der Waals surface area contributed by atoms with Gasteiger partial charge in [0.15, 0.2) is 0 Å². The van der Waals surface area contributed by atoms with Crippen molar-refractivity contribution in [3.05, 3.63) is 35.9 Å². The van der Waals surface area contributed by atoms with Gasteiger partial charge in [0.1, 0.15) is 6.04 Å². The molecule has 21 heavy (non-hydrogen) atoms. The lowest BCUT2D eigenvalue weighted by atomic mass is 9.97. The van der Waals surface area contributed by atoms with E-state index in [-0.39, 0.29) is 11.8 Å². The van der Waals surface area contributed by atoms with Crippen LogP contribution in [0.5, 0.6) is 0 Å². The molecule has 1 amide bonds. The fraction of sp³-hybridized carbons (Fsp3) is 0.500. The second-order valence-corrected chi connectivity index (χ2v) is 5.32. The summed E-state index contributed by atoms with van der Waals surface area (Å²) in [6, 6.07) is 8.98. The molecule has 2 rings (SSSR count). The van der Waals surface area contributed by atoms with Crippen LogP contribution in [0.15, 0.2) is 30.3 Å². The van der Waals surface area contributed by atoms with Gasteiger partial charge in [0.25, 0.3) is 0 Å². The number of nitrogens with one attached hydrogen (secondary N) is 2. The van der Waals surface area contributed by atoms with Crippen LogP contribution in [0.25, 0.3) is 0 Å². The van der Waals surface area contributed by atoms with Gasteiger partial charge in [-0.25, -0.2) is 4.79 Å². The van der Waals surface area contributed by atoms with Crippen LogP contribution in [0.4, 0.5) is 0 Å². The smallest absolute Gasteiger partial charge is 0.328 e. The quantitative estimate of drug-likeness (QED) is 0.790. The molecule has 114 valence electrons. The van der Waals surface area contributed by atoms with Crippen molar-refractivity contribution in [3.8, 4) is 0 Å². The standard InChI is InChI=1S/C16H22N2O3/c1-21-16(20)14(10-12-6-3-2-4-7-12)18-15(19)13-8-5-9-17-11-13/h2-4,6-7,13-14,17H,5,8-11H2,1H3,(H,18,19)/t13-,14?/m1/s1. The molecule has 0 spiro atoms. The first-order valence-electron chi connectivity index (χ1n) is 7.33. The molecule has 5 nitrogen and oxygen atoms in total. The van der Waals surface area contributed by atoms with Crippen molar-refractivity contribution in [2.75, 3.05) is 20.2 Å². The zero-order valence-corrected chi connectivity index (χ0v) is 12.3. The van der Waals surface area contributed by atoms with Gasteiger partial charge < -0.3 is 15.4 Å². The molecule has 1 aliphatic heterocycles. The highest BCUT2D eigenvalue weighted by Crippen LogP contribution is 2.11. The molecule has 1 aliphatic rings.